The summed E-state index contributed by atoms with van der Waals surface area (Å²) in [5, 5.41) is 0. The normalized spacial score (nSPS) is 29.3. The standard InChI is InChI=1S/C6H12INO/c1-2-8-4-3-6(5-8)9-7/h6H,2-5H2,1H3. The Morgan fingerprint density at radius 2 is 2.56 bits per heavy atom. The summed E-state index contributed by atoms with van der Waals surface area (Å²) >= 11 is 1.99. The number of rotatable bonds is 2. The molecule has 9 heavy (non-hydrogen) atoms. The first-order chi connectivity index (χ1) is 4.36. The van der Waals surface area contributed by atoms with Gasteiger partial charge in [-0.15, -0.1) is 0 Å². The molecule has 2 nitrogen and oxygen atoms in total. The maximum absolute atomic E-state index is 5.17. The molecule has 0 N–H and O–H groups in total. The van der Waals surface area contributed by atoms with Gasteiger partial charge in [-0.2, -0.15) is 0 Å². The van der Waals surface area contributed by atoms with E-state index >= 15 is 0 Å². The molecule has 0 aromatic rings. The third kappa shape index (κ3) is 2.05. The lowest BCUT2D eigenvalue weighted by Gasteiger charge is -2.10. The molecule has 0 radical (unpaired) electrons. The molecule has 0 saturated carbocycles. The van der Waals surface area contributed by atoms with E-state index in [0.29, 0.717) is 6.10 Å². The van der Waals surface area contributed by atoms with E-state index in [-0.39, 0.29) is 0 Å². The highest BCUT2D eigenvalue weighted by atomic mass is 127. The monoisotopic (exact) mass is 241 g/mol. The van der Waals surface area contributed by atoms with Gasteiger partial charge in [0.05, 0.1) is 6.10 Å². The Labute approximate surface area is 70.2 Å². The van der Waals surface area contributed by atoms with Gasteiger partial charge in [0.25, 0.3) is 0 Å². The van der Waals surface area contributed by atoms with E-state index in [9.17, 15) is 0 Å². The van der Waals surface area contributed by atoms with Crippen LogP contribution >= 0.6 is 23.0 Å². The molecule has 1 heterocycles. The van der Waals surface area contributed by atoms with E-state index < -0.39 is 0 Å². The SMILES string of the molecule is CCN1CCC(OI)C1. The number of likely N-dealkylation sites (N-methyl/N-ethyl adjacent to an activating group) is 1. The maximum atomic E-state index is 5.17. The number of hydrogen-bond acceptors (Lipinski definition) is 2. The highest BCUT2D eigenvalue weighted by molar-refractivity contribution is 14.1. The molecule has 1 saturated heterocycles. The average Bonchev–Trinajstić information content (AvgIpc) is 2.34. The van der Waals surface area contributed by atoms with Crippen LogP contribution in [0.5, 0.6) is 0 Å². The van der Waals surface area contributed by atoms with E-state index in [1.807, 2.05) is 23.0 Å². The first-order valence-corrected chi connectivity index (χ1v) is 4.24. The summed E-state index contributed by atoms with van der Waals surface area (Å²) in [6.07, 6.45) is 1.70. The van der Waals surface area contributed by atoms with Gasteiger partial charge in [0.15, 0.2) is 0 Å². The lowest BCUT2D eigenvalue weighted by Crippen LogP contribution is -2.21. The van der Waals surface area contributed by atoms with Crippen LogP contribution in [0.25, 0.3) is 0 Å². The van der Waals surface area contributed by atoms with Gasteiger partial charge in [0.1, 0.15) is 23.0 Å². The highest BCUT2D eigenvalue weighted by Gasteiger charge is 2.20. The molecule has 0 aromatic heterocycles. The predicted octanol–water partition coefficient (Wildman–Crippen LogP) is 1.45. The topological polar surface area (TPSA) is 12.5 Å². The second kappa shape index (κ2) is 3.73. The van der Waals surface area contributed by atoms with Gasteiger partial charge in [-0.05, 0) is 13.0 Å². The molecule has 1 atom stereocenters. The highest BCUT2D eigenvalue weighted by Crippen LogP contribution is 2.13. The Hall–Kier alpha value is 0.650. The molecule has 1 aliphatic heterocycles. The van der Waals surface area contributed by atoms with Gasteiger partial charge in [-0.1, -0.05) is 6.92 Å². The molecule has 54 valence electrons. The quantitative estimate of drug-likeness (QED) is 0.678. The van der Waals surface area contributed by atoms with Crippen molar-refractivity contribution in [1.82, 2.24) is 4.90 Å². The van der Waals surface area contributed by atoms with Gasteiger partial charge >= 0.3 is 0 Å². The molecule has 1 fully saturated rings. The molecule has 0 spiro atoms. The fraction of sp³-hybridized carbons (Fsp3) is 1.00. The summed E-state index contributed by atoms with van der Waals surface area (Å²) in [6, 6.07) is 0. The number of halogens is 1. The van der Waals surface area contributed by atoms with Crippen LogP contribution in [0.15, 0.2) is 0 Å². The molecular weight excluding hydrogens is 229 g/mol. The number of nitrogens with zero attached hydrogens (tertiary/aromatic N) is 1. The minimum atomic E-state index is 0.491. The zero-order chi connectivity index (χ0) is 6.69. The van der Waals surface area contributed by atoms with E-state index in [2.05, 4.69) is 11.8 Å². The number of hydrogen-bond donors (Lipinski definition) is 0. The van der Waals surface area contributed by atoms with Gasteiger partial charge < -0.3 is 7.97 Å². The van der Waals surface area contributed by atoms with E-state index in [1.165, 1.54) is 13.0 Å². The molecule has 0 aliphatic carbocycles. The Kier molecular flexibility index (Phi) is 3.21. The molecule has 1 aliphatic rings. The van der Waals surface area contributed by atoms with Crippen LogP contribution in [0.2, 0.25) is 0 Å². The van der Waals surface area contributed by atoms with Crippen molar-refractivity contribution in [2.75, 3.05) is 19.6 Å². The van der Waals surface area contributed by atoms with Gasteiger partial charge in [-0.25, -0.2) is 0 Å². The second-order valence-corrected chi connectivity index (χ2v) is 2.90. The predicted molar refractivity (Wildman–Crippen MR) is 45.6 cm³/mol. The lowest BCUT2D eigenvalue weighted by atomic mass is 10.3. The summed E-state index contributed by atoms with van der Waals surface area (Å²) < 4.78 is 5.17. The van der Waals surface area contributed by atoms with Gasteiger partial charge in [-0.3, -0.25) is 0 Å². The van der Waals surface area contributed by atoms with Crippen molar-refractivity contribution >= 4 is 23.0 Å². The molecule has 0 amide bonds. The van der Waals surface area contributed by atoms with E-state index in [1.54, 1.807) is 0 Å². The summed E-state index contributed by atoms with van der Waals surface area (Å²) in [4.78, 5) is 2.41. The van der Waals surface area contributed by atoms with E-state index in [4.69, 9.17) is 3.07 Å². The molecule has 0 bridgehead atoms. The average molecular weight is 241 g/mol. The Balaban J connectivity index is 2.20. The molecule has 1 unspecified atom stereocenters. The minimum Gasteiger partial charge on any atom is -0.311 e. The fourth-order valence-corrected chi connectivity index (χ4v) is 1.57. The summed E-state index contributed by atoms with van der Waals surface area (Å²) in [7, 11) is 0. The third-order valence-electron chi connectivity index (χ3n) is 1.80. The van der Waals surface area contributed by atoms with Crippen LogP contribution in [0, 0.1) is 0 Å². The van der Waals surface area contributed by atoms with Crippen LogP contribution < -0.4 is 0 Å². The Morgan fingerprint density at radius 1 is 1.78 bits per heavy atom. The van der Waals surface area contributed by atoms with Crippen molar-refractivity contribution in [2.45, 2.75) is 19.4 Å². The first kappa shape index (κ1) is 7.75. The summed E-state index contributed by atoms with van der Waals surface area (Å²) in [5.41, 5.74) is 0. The van der Waals surface area contributed by atoms with Crippen molar-refractivity contribution in [1.29, 1.82) is 0 Å². The molecular formula is C6H12INO. The van der Waals surface area contributed by atoms with Crippen LogP contribution in [0.1, 0.15) is 13.3 Å². The second-order valence-electron chi connectivity index (χ2n) is 2.39. The zero-order valence-corrected chi connectivity index (χ0v) is 7.80. The zero-order valence-electron chi connectivity index (χ0n) is 5.64. The van der Waals surface area contributed by atoms with Crippen molar-refractivity contribution in [3.05, 3.63) is 0 Å². The van der Waals surface area contributed by atoms with Gasteiger partial charge in [0, 0.05) is 13.1 Å². The van der Waals surface area contributed by atoms with Crippen LogP contribution in [0.4, 0.5) is 0 Å². The maximum Gasteiger partial charge on any atom is 0.110 e. The van der Waals surface area contributed by atoms with Crippen molar-refractivity contribution in [3.63, 3.8) is 0 Å². The van der Waals surface area contributed by atoms with Gasteiger partial charge in [0.2, 0.25) is 0 Å². The molecule has 1 rings (SSSR count). The molecule has 3 heteroatoms. The lowest BCUT2D eigenvalue weighted by molar-refractivity contribution is 0.267. The van der Waals surface area contributed by atoms with Crippen molar-refractivity contribution in [3.8, 4) is 0 Å². The smallest absolute Gasteiger partial charge is 0.110 e. The van der Waals surface area contributed by atoms with Crippen LogP contribution in [-0.4, -0.2) is 30.6 Å². The third-order valence-corrected chi connectivity index (χ3v) is 2.52. The van der Waals surface area contributed by atoms with Crippen molar-refractivity contribution in [2.24, 2.45) is 0 Å². The van der Waals surface area contributed by atoms with Crippen LogP contribution in [-0.2, 0) is 3.07 Å². The fourth-order valence-electron chi connectivity index (χ4n) is 1.16. The van der Waals surface area contributed by atoms with Crippen molar-refractivity contribution < 1.29 is 3.07 Å². The van der Waals surface area contributed by atoms with Crippen LogP contribution in [0.3, 0.4) is 0 Å². The Bertz CT molecular complexity index is 79.1. The largest absolute Gasteiger partial charge is 0.311 e. The summed E-state index contributed by atoms with van der Waals surface area (Å²) in [6.45, 7) is 5.69. The Morgan fingerprint density at radius 3 is 2.89 bits per heavy atom. The van der Waals surface area contributed by atoms with E-state index in [0.717, 1.165) is 13.1 Å². The minimum absolute atomic E-state index is 0.491. The first-order valence-electron chi connectivity index (χ1n) is 3.36. The molecule has 0 aromatic carbocycles. The summed E-state index contributed by atoms with van der Waals surface area (Å²) in [5.74, 6) is 0. The number of likely N-dealkylation sites (tertiary alicyclic amines) is 1.